The molecule has 0 radical (unpaired) electrons. The van der Waals surface area contributed by atoms with E-state index in [0.717, 1.165) is 0 Å². The molecule has 0 heterocycles. The molecule has 0 amide bonds. The van der Waals surface area contributed by atoms with E-state index >= 15 is 0 Å². The van der Waals surface area contributed by atoms with E-state index in [0.29, 0.717) is 0 Å². The predicted molar refractivity (Wildman–Crippen MR) is 15.9 cm³/mol. The smallest absolute Gasteiger partial charge is 1.00 e. The molecule has 0 aliphatic heterocycles. The topological polar surface area (TPSA) is 86.6 Å². The summed E-state index contributed by atoms with van der Waals surface area (Å²) < 4.78 is 0. The van der Waals surface area contributed by atoms with E-state index in [4.69, 9.17) is 19.2 Å². The molecule has 0 spiro atoms. The van der Waals surface area contributed by atoms with Crippen molar-refractivity contribution in [1.29, 1.82) is 0 Å². The molecule has 2 N–H and O–H groups in total. The minimum Gasteiger partial charge on any atom is -1.00 e. The number of rotatable bonds is 0. The van der Waals surface area contributed by atoms with E-state index in [2.05, 4.69) is 0 Å². The summed E-state index contributed by atoms with van der Waals surface area (Å²) in [7, 11) is -5.11. The molecule has 0 aliphatic carbocycles. The van der Waals surface area contributed by atoms with Crippen LogP contribution in [0.3, 0.4) is 0 Å². The molecular weight excluding hydrogens is 174 g/mol. The zero-order valence-corrected chi connectivity index (χ0v) is 9.83. The molecule has 0 saturated carbocycles. The molecule has 0 atom stereocenters. The van der Waals surface area contributed by atoms with Crippen molar-refractivity contribution in [2.45, 2.75) is 0 Å². The Morgan fingerprint density at radius 2 is 1.12 bits per heavy atom. The van der Waals surface area contributed by atoms with Gasteiger partial charge in [-0.05, 0) is 0 Å². The van der Waals surface area contributed by atoms with Crippen molar-refractivity contribution in [3.8, 4) is 0 Å². The van der Waals surface area contributed by atoms with Crippen LogP contribution in [0.4, 0.5) is 0 Å². The maximum atomic E-state index is 8.80. The standard InChI is InChI=1S/FH.K.Mg.H2O4Si/c;;;1-5(2,3)4/h1H;;;1-2H/q;+1;+2;-2/p-1. The maximum Gasteiger partial charge on any atom is 2.00 e. The summed E-state index contributed by atoms with van der Waals surface area (Å²) in [5.41, 5.74) is 0. The van der Waals surface area contributed by atoms with Crippen LogP contribution >= 0.6 is 0 Å². The van der Waals surface area contributed by atoms with E-state index < -0.39 is 9.05 Å². The van der Waals surface area contributed by atoms with Crippen molar-refractivity contribution < 1.29 is 75.3 Å². The predicted octanol–water partition coefficient (Wildman–Crippen LogP) is -10.2. The van der Waals surface area contributed by atoms with Crippen LogP contribution in [0, 0.1) is 0 Å². The van der Waals surface area contributed by atoms with Gasteiger partial charge in [-0.2, -0.15) is 0 Å². The summed E-state index contributed by atoms with van der Waals surface area (Å²) >= 11 is 0. The third kappa shape index (κ3) is 80.2. The van der Waals surface area contributed by atoms with E-state index in [1.54, 1.807) is 0 Å². The van der Waals surface area contributed by atoms with Gasteiger partial charge in [-0.3, -0.25) is 0 Å². The van der Waals surface area contributed by atoms with E-state index in [9.17, 15) is 0 Å². The Morgan fingerprint density at radius 1 is 1.12 bits per heavy atom. The van der Waals surface area contributed by atoms with Crippen molar-refractivity contribution in [1.82, 2.24) is 0 Å². The Kier molecular flexibility index (Phi) is 26.3. The van der Waals surface area contributed by atoms with Gasteiger partial charge in [-0.15, -0.1) is 0 Å². The molecule has 0 saturated heterocycles. The molecule has 0 fully saturated rings. The maximum absolute atomic E-state index is 8.80. The average molecular weight is 176 g/mol. The van der Waals surface area contributed by atoms with E-state index in [1.165, 1.54) is 0 Å². The summed E-state index contributed by atoms with van der Waals surface area (Å²) in [5, 5.41) is 0. The van der Waals surface area contributed by atoms with Crippen LogP contribution in [0.2, 0.25) is 0 Å². The van der Waals surface area contributed by atoms with Gasteiger partial charge in [0.2, 0.25) is 0 Å². The van der Waals surface area contributed by atoms with Crippen molar-refractivity contribution in [3.63, 3.8) is 0 Å². The van der Waals surface area contributed by atoms with E-state index in [-0.39, 0.29) is 79.1 Å². The quantitative estimate of drug-likeness (QED) is 0.359. The van der Waals surface area contributed by atoms with Crippen LogP contribution in [0.25, 0.3) is 0 Å². The molecule has 0 aliphatic rings. The van der Waals surface area contributed by atoms with Crippen LogP contribution in [-0.2, 0) is 0 Å². The fraction of sp³-hybridized carbons (Fsp3) is 0. The number of hydrogen-bond donors (Lipinski definition) is 2. The number of halogens is 1. The Hall–Kier alpha value is 2.39. The van der Waals surface area contributed by atoms with Crippen molar-refractivity contribution >= 4 is 32.1 Å². The van der Waals surface area contributed by atoms with Crippen LogP contribution in [0.5, 0.6) is 0 Å². The first-order chi connectivity index (χ1) is 2.00. The van der Waals surface area contributed by atoms with E-state index in [1.807, 2.05) is 0 Å². The van der Waals surface area contributed by atoms with Crippen LogP contribution < -0.4 is 65.7 Å². The fourth-order valence-electron chi connectivity index (χ4n) is 0. The molecule has 0 aromatic heterocycles. The first-order valence-electron chi connectivity index (χ1n) is 0.855. The largest absolute Gasteiger partial charge is 2.00 e. The molecule has 40 valence electrons. The minimum absolute atomic E-state index is 0. The molecule has 0 rings (SSSR count). The van der Waals surface area contributed by atoms with Gasteiger partial charge in [-0.1, -0.05) is 0 Å². The van der Waals surface area contributed by atoms with Gasteiger partial charge < -0.3 is 23.9 Å². The first kappa shape index (κ1) is 22.4. The van der Waals surface area contributed by atoms with Crippen molar-refractivity contribution in [2.75, 3.05) is 0 Å². The molecule has 0 unspecified atom stereocenters. The monoisotopic (exact) mass is 176 g/mol. The normalized spacial score (nSPS) is 7.50. The summed E-state index contributed by atoms with van der Waals surface area (Å²) in [6, 6.07) is 0. The zero-order chi connectivity index (χ0) is 4.50. The second kappa shape index (κ2) is 9.39. The van der Waals surface area contributed by atoms with Gasteiger partial charge in [0, 0.05) is 0 Å². The van der Waals surface area contributed by atoms with Gasteiger partial charge in [0.05, 0.1) is 0 Å². The Labute approximate surface area is 105 Å². The summed E-state index contributed by atoms with van der Waals surface area (Å²) in [6.07, 6.45) is 0. The molecule has 8 heteroatoms. The van der Waals surface area contributed by atoms with Crippen molar-refractivity contribution in [3.05, 3.63) is 0 Å². The van der Waals surface area contributed by atoms with Gasteiger partial charge >= 0.3 is 74.4 Å². The molecule has 0 bridgehead atoms. The zero-order valence-electron chi connectivity index (χ0n) is 4.30. The Bertz CT molecular complexity index is 31.5. The Morgan fingerprint density at radius 3 is 1.12 bits per heavy atom. The summed E-state index contributed by atoms with van der Waals surface area (Å²) in [6.45, 7) is 0. The van der Waals surface area contributed by atoms with Crippen LogP contribution in [-0.4, -0.2) is 41.7 Å². The van der Waals surface area contributed by atoms with Gasteiger partial charge in [0.1, 0.15) is 9.05 Å². The van der Waals surface area contributed by atoms with Crippen LogP contribution in [0.15, 0.2) is 0 Å². The first-order valence-corrected chi connectivity index (χ1v) is 2.57. The third-order valence-corrected chi connectivity index (χ3v) is 0. The number of hydrogen-bond acceptors (Lipinski definition) is 4. The van der Waals surface area contributed by atoms with Crippen molar-refractivity contribution in [2.24, 2.45) is 0 Å². The summed E-state index contributed by atoms with van der Waals surface area (Å²) in [5.74, 6) is 0. The van der Waals surface area contributed by atoms with Gasteiger partial charge in [0.15, 0.2) is 0 Å². The van der Waals surface area contributed by atoms with Gasteiger partial charge in [0.25, 0.3) is 0 Å². The van der Waals surface area contributed by atoms with Gasteiger partial charge in [-0.25, -0.2) is 0 Å². The molecule has 8 heavy (non-hydrogen) atoms. The molecular formula is H2FKMgO4Si. The fourth-order valence-corrected chi connectivity index (χ4v) is 0. The van der Waals surface area contributed by atoms with Crippen LogP contribution in [0.1, 0.15) is 0 Å². The SMILES string of the molecule is [F-].[K+].[Mg+2].[O-][Si]([O-])(O)O. The molecule has 0 aromatic rings. The molecule has 4 nitrogen and oxygen atoms in total. The average Bonchev–Trinajstić information content (AvgIpc) is 0.722. The second-order valence-corrected chi connectivity index (χ2v) is 1.65. The third-order valence-electron chi connectivity index (χ3n) is 0. The Balaban J connectivity index is -0.0000000267. The molecule has 0 aromatic carbocycles. The minimum atomic E-state index is -5.11. The second-order valence-electron chi connectivity index (χ2n) is 0.548. The summed E-state index contributed by atoms with van der Waals surface area (Å²) in [4.78, 5) is 31.8.